The normalized spacial score (nSPS) is 11.0. The molecule has 0 aliphatic carbocycles. The van der Waals surface area contributed by atoms with Gasteiger partial charge in [-0.15, -0.1) is 22.8 Å². The van der Waals surface area contributed by atoms with Gasteiger partial charge in [-0.1, -0.05) is 12.1 Å². The summed E-state index contributed by atoms with van der Waals surface area (Å²) in [6.45, 7) is 0. The SMILES string of the molecule is COc1ccccc1-c1nnc(S)n1N=Cc1ccc(O)cc1. The third kappa shape index (κ3) is 3.19. The molecule has 0 fully saturated rings. The second-order valence-electron chi connectivity index (χ2n) is 4.67. The molecule has 0 atom stereocenters. The molecule has 3 rings (SSSR count). The van der Waals surface area contributed by atoms with Crippen LogP contribution in [0.4, 0.5) is 0 Å². The number of hydrogen-bond acceptors (Lipinski definition) is 6. The second kappa shape index (κ2) is 6.53. The molecular formula is C16H14N4O2S. The smallest absolute Gasteiger partial charge is 0.209 e. The Morgan fingerprint density at radius 3 is 2.61 bits per heavy atom. The summed E-state index contributed by atoms with van der Waals surface area (Å²) in [6, 6.07) is 14.2. The molecule has 23 heavy (non-hydrogen) atoms. The van der Waals surface area contributed by atoms with Crippen LogP contribution in [0.15, 0.2) is 58.8 Å². The Labute approximate surface area is 138 Å². The van der Waals surface area contributed by atoms with Crippen molar-refractivity contribution in [3.8, 4) is 22.9 Å². The molecule has 3 aromatic rings. The summed E-state index contributed by atoms with van der Waals surface area (Å²) in [5, 5.41) is 22.1. The lowest BCUT2D eigenvalue weighted by Gasteiger charge is -2.07. The molecular weight excluding hydrogens is 312 g/mol. The summed E-state index contributed by atoms with van der Waals surface area (Å²) in [7, 11) is 1.60. The van der Waals surface area contributed by atoms with E-state index < -0.39 is 0 Å². The molecule has 0 unspecified atom stereocenters. The zero-order valence-corrected chi connectivity index (χ0v) is 13.2. The third-order valence-corrected chi connectivity index (χ3v) is 3.47. The molecule has 1 aromatic heterocycles. The maximum Gasteiger partial charge on any atom is 0.209 e. The third-order valence-electron chi connectivity index (χ3n) is 3.19. The molecule has 0 amide bonds. The van der Waals surface area contributed by atoms with E-state index in [-0.39, 0.29) is 5.75 Å². The molecule has 116 valence electrons. The minimum Gasteiger partial charge on any atom is -0.508 e. The maximum absolute atomic E-state index is 9.31. The number of rotatable bonds is 4. The minimum atomic E-state index is 0.205. The number of thiol groups is 1. The van der Waals surface area contributed by atoms with Gasteiger partial charge in [-0.05, 0) is 42.0 Å². The van der Waals surface area contributed by atoms with Crippen LogP contribution >= 0.6 is 12.6 Å². The van der Waals surface area contributed by atoms with E-state index in [1.54, 1.807) is 37.6 Å². The van der Waals surface area contributed by atoms with Crippen LogP contribution in [0.25, 0.3) is 11.4 Å². The van der Waals surface area contributed by atoms with Crippen LogP contribution in [-0.4, -0.2) is 33.3 Å². The van der Waals surface area contributed by atoms with E-state index in [2.05, 4.69) is 27.9 Å². The highest BCUT2D eigenvalue weighted by molar-refractivity contribution is 7.80. The summed E-state index contributed by atoms with van der Waals surface area (Å²) in [5.74, 6) is 1.41. The lowest BCUT2D eigenvalue weighted by molar-refractivity contribution is 0.416. The molecule has 0 saturated carbocycles. The first-order chi connectivity index (χ1) is 11.2. The van der Waals surface area contributed by atoms with Crippen molar-refractivity contribution in [1.82, 2.24) is 14.9 Å². The number of hydrogen-bond donors (Lipinski definition) is 2. The largest absolute Gasteiger partial charge is 0.508 e. The van der Waals surface area contributed by atoms with Gasteiger partial charge in [0.2, 0.25) is 5.16 Å². The summed E-state index contributed by atoms with van der Waals surface area (Å²) in [5.41, 5.74) is 1.60. The maximum atomic E-state index is 9.31. The zero-order valence-electron chi connectivity index (χ0n) is 12.3. The van der Waals surface area contributed by atoms with E-state index in [4.69, 9.17) is 4.74 Å². The molecule has 1 heterocycles. The number of aromatic hydroxyl groups is 1. The van der Waals surface area contributed by atoms with Crippen molar-refractivity contribution in [1.29, 1.82) is 0 Å². The molecule has 0 aliphatic heterocycles. The van der Waals surface area contributed by atoms with Gasteiger partial charge in [0.1, 0.15) is 11.5 Å². The monoisotopic (exact) mass is 326 g/mol. The fourth-order valence-electron chi connectivity index (χ4n) is 2.06. The Hall–Kier alpha value is -2.80. The molecule has 1 N–H and O–H groups in total. The Morgan fingerprint density at radius 1 is 1.13 bits per heavy atom. The van der Waals surface area contributed by atoms with Gasteiger partial charge in [0, 0.05) is 0 Å². The highest BCUT2D eigenvalue weighted by Crippen LogP contribution is 2.29. The van der Waals surface area contributed by atoms with Gasteiger partial charge >= 0.3 is 0 Å². The Balaban J connectivity index is 2.00. The molecule has 6 nitrogen and oxygen atoms in total. The van der Waals surface area contributed by atoms with E-state index in [9.17, 15) is 5.11 Å². The molecule has 2 aromatic carbocycles. The number of phenols is 1. The summed E-state index contributed by atoms with van der Waals surface area (Å²) < 4.78 is 6.88. The van der Waals surface area contributed by atoms with Gasteiger partial charge in [-0.3, -0.25) is 0 Å². The van der Waals surface area contributed by atoms with Crippen LogP contribution < -0.4 is 4.74 Å². The lowest BCUT2D eigenvalue weighted by atomic mass is 10.2. The Morgan fingerprint density at radius 2 is 1.87 bits per heavy atom. The van der Waals surface area contributed by atoms with Gasteiger partial charge in [0.05, 0.1) is 18.9 Å². The lowest BCUT2D eigenvalue weighted by Crippen LogP contribution is -1.97. The highest BCUT2D eigenvalue weighted by Gasteiger charge is 2.14. The van der Waals surface area contributed by atoms with Gasteiger partial charge in [0.25, 0.3) is 0 Å². The molecule has 0 bridgehead atoms. The molecule has 0 aliphatic rings. The average Bonchev–Trinajstić information content (AvgIpc) is 2.95. The number of aromatic nitrogens is 3. The predicted molar refractivity (Wildman–Crippen MR) is 90.4 cm³/mol. The fraction of sp³-hybridized carbons (Fsp3) is 0.0625. The van der Waals surface area contributed by atoms with Crippen LogP contribution in [0.1, 0.15) is 5.56 Å². The molecule has 0 spiro atoms. The standard InChI is InChI=1S/C16H14N4O2S/c1-22-14-5-3-2-4-13(14)15-18-19-16(23)20(15)17-10-11-6-8-12(21)9-7-11/h2-10,21H,1H3,(H,19,23). The van der Waals surface area contributed by atoms with Crippen molar-refractivity contribution >= 4 is 18.8 Å². The van der Waals surface area contributed by atoms with E-state index in [0.29, 0.717) is 16.7 Å². The zero-order chi connectivity index (χ0) is 16.2. The first-order valence-electron chi connectivity index (χ1n) is 6.80. The summed E-state index contributed by atoms with van der Waals surface area (Å²) in [6.07, 6.45) is 1.64. The van der Waals surface area contributed by atoms with E-state index >= 15 is 0 Å². The van der Waals surface area contributed by atoms with Crippen LogP contribution in [0.5, 0.6) is 11.5 Å². The summed E-state index contributed by atoms with van der Waals surface area (Å²) in [4.78, 5) is 0. The van der Waals surface area contributed by atoms with Gasteiger partial charge in [-0.2, -0.15) is 9.78 Å². The second-order valence-corrected chi connectivity index (χ2v) is 5.07. The summed E-state index contributed by atoms with van der Waals surface area (Å²) >= 11 is 4.29. The Bertz CT molecular complexity index is 844. The first kappa shape index (κ1) is 15.1. The number of ether oxygens (including phenoxy) is 1. The van der Waals surface area contributed by atoms with E-state index in [1.807, 2.05) is 24.3 Å². The van der Waals surface area contributed by atoms with Crippen molar-refractivity contribution in [3.05, 3.63) is 54.1 Å². The van der Waals surface area contributed by atoms with E-state index in [1.165, 1.54) is 4.68 Å². The van der Waals surface area contributed by atoms with Crippen molar-refractivity contribution in [2.45, 2.75) is 5.16 Å². The number of nitrogens with zero attached hydrogens (tertiary/aromatic N) is 4. The van der Waals surface area contributed by atoms with Crippen molar-refractivity contribution < 1.29 is 9.84 Å². The topological polar surface area (TPSA) is 72.5 Å². The first-order valence-corrected chi connectivity index (χ1v) is 7.25. The Kier molecular flexibility index (Phi) is 4.29. The number of para-hydroxylation sites is 1. The van der Waals surface area contributed by atoms with Gasteiger partial charge < -0.3 is 9.84 Å². The minimum absolute atomic E-state index is 0.205. The van der Waals surface area contributed by atoms with Crippen molar-refractivity contribution in [2.75, 3.05) is 7.11 Å². The van der Waals surface area contributed by atoms with Gasteiger partial charge in [0.15, 0.2) is 5.82 Å². The molecule has 0 saturated heterocycles. The number of phenolic OH excluding ortho intramolecular Hbond substituents is 1. The number of benzene rings is 2. The van der Waals surface area contributed by atoms with Crippen LogP contribution in [0, 0.1) is 0 Å². The van der Waals surface area contributed by atoms with Crippen molar-refractivity contribution in [2.24, 2.45) is 5.10 Å². The highest BCUT2D eigenvalue weighted by atomic mass is 32.1. The molecule has 7 heteroatoms. The van der Waals surface area contributed by atoms with E-state index in [0.717, 1.165) is 11.1 Å². The fourth-order valence-corrected chi connectivity index (χ4v) is 2.25. The molecule has 0 radical (unpaired) electrons. The van der Waals surface area contributed by atoms with Crippen LogP contribution in [-0.2, 0) is 0 Å². The van der Waals surface area contributed by atoms with Crippen LogP contribution in [0.3, 0.4) is 0 Å². The van der Waals surface area contributed by atoms with Crippen molar-refractivity contribution in [3.63, 3.8) is 0 Å². The van der Waals surface area contributed by atoms with Gasteiger partial charge in [-0.25, -0.2) is 0 Å². The average molecular weight is 326 g/mol. The predicted octanol–water partition coefficient (Wildman–Crippen LogP) is 2.83. The number of methoxy groups -OCH3 is 1. The van der Waals surface area contributed by atoms with Crippen LogP contribution in [0.2, 0.25) is 0 Å². The quantitative estimate of drug-likeness (QED) is 0.571.